The van der Waals surface area contributed by atoms with E-state index >= 15 is 0 Å². The van der Waals surface area contributed by atoms with E-state index in [1.54, 1.807) is 0 Å². The van der Waals surface area contributed by atoms with Gasteiger partial charge in [0.1, 0.15) is 5.82 Å². The summed E-state index contributed by atoms with van der Waals surface area (Å²) in [5, 5.41) is 10.3. The lowest BCUT2D eigenvalue weighted by Gasteiger charge is -1.95. The Morgan fingerprint density at radius 2 is 2.06 bits per heavy atom. The molecule has 0 unspecified atom stereocenters. The summed E-state index contributed by atoms with van der Waals surface area (Å²) in [7, 11) is 1.95. The molecule has 0 amide bonds. The second-order valence-corrected chi connectivity index (χ2v) is 3.68. The van der Waals surface area contributed by atoms with E-state index in [2.05, 4.69) is 20.5 Å². The van der Waals surface area contributed by atoms with Crippen LogP contribution in [0.3, 0.4) is 0 Å². The molecule has 0 spiro atoms. The molecule has 0 atom stereocenters. The molecule has 4 heteroatoms. The lowest BCUT2D eigenvalue weighted by atomic mass is 10.2. The zero-order valence-electron chi connectivity index (χ0n) is 9.40. The number of aryl methyl sites for hydroxylation is 1. The Morgan fingerprint density at radius 3 is 2.81 bits per heavy atom. The van der Waals surface area contributed by atoms with E-state index in [9.17, 15) is 0 Å². The van der Waals surface area contributed by atoms with Crippen molar-refractivity contribution in [1.82, 2.24) is 20.5 Å². The molecule has 2 rings (SSSR count). The van der Waals surface area contributed by atoms with Crippen LogP contribution >= 0.6 is 0 Å². The minimum Gasteiger partial charge on any atom is -0.320 e. The van der Waals surface area contributed by atoms with Crippen LogP contribution in [0.2, 0.25) is 0 Å². The highest BCUT2D eigenvalue weighted by Crippen LogP contribution is 2.13. The van der Waals surface area contributed by atoms with Gasteiger partial charge >= 0.3 is 0 Å². The number of hydrogen-bond donors (Lipinski definition) is 2. The van der Waals surface area contributed by atoms with E-state index < -0.39 is 0 Å². The third-order valence-electron chi connectivity index (χ3n) is 2.40. The second-order valence-electron chi connectivity index (χ2n) is 3.68. The third-order valence-corrected chi connectivity index (χ3v) is 2.40. The fourth-order valence-electron chi connectivity index (χ4n) is 1.56. The summed E-state index contributed by atoms with van der Waals surface area (Å²) < 4.78 is 0. The van der Waals surface area contributed by atoms with Gasteiger partial charge in [0.25, 0.3) is 0 Å². The first-order valence-corrected chi connectivity index (χ1v) is 5.51. The minimum absolute atomic E-state index is 0.778. The molecule has 0 radical (unpaired) electrons. The Kier molecular flexibility index (Phi) is 3.66. The van der Waals surface area contributed by atoms with Crippen LogP contribution in [0.4, 0.5) is 0 Å². The first-order chi connectivity index (χ1) is 7.90. The molecule has 0 aliphatic heterocycles. The summed E-state index contributed by atoms with van der Waals surface area (Å²) in [5.74, 6) is 1.73. The molecule has 0 aliphatic carbocycles. The molecule has 2 aromatic rings. The number of hydrogen-bond acceptors (Lipinski definition) is 3. The van der Waals surface area contributed by atoms with Crippen molar-refractivity contribution in [1.29, 1.82) is 0 Å². The normalized spacial score (nSPS) is 10.6. The van der Waals surface area contributed by atoms with Gasteiger partial charge < -0.3 is 5.32 Å². The van der Waals surface area contributed by atoms with Crippen LogP contribution in [0.15, 0.2) is 30.3 Å². The first kappa shape index (κ1) is 10.8. The quantitative estimate of drug-likeness (QED) is 0.747. The van der Waals surface area contributed by atoms with Crippen molar-refractivity contribution in [3.8, 4) is 11.4 Å². The summed E-state index contributed by atoms with van der Waals surface area (Å²) in [6.45, 7) is 1.00. The van der Waals surface area contributed by atoms with Crippen molar-refractivity contribution in [3.63, 3.8) is 0 Å². The van der Waals surface area contributed by atoms with E-state index in [0.29, 0.717) is 0 Å². The average molecular weight is 216 g/mol. The third kappa shape index (κ3) is 2.67. The lowest BCUT2D eigenvalue weighted by molar-refractivity contribution is 0.704. The van der Waals surface area contributed by atoms with Crippen molar-refractivity contribution in [2.75, 3.05) is 13.6 Å². The average Bonchev–Trinajstić information content (AvgIpc) is 2.79. The van der Waals surface area contributed by atoms with Gasteiger partial charge in [0.05, 0.1) is 0 Å². The van der Waals surface area contributed by atoms with Crippen molar-refractivity contribution in [2.45, 2.75) is 12.8 Å². The van der Waals surface area contributed by atoms with Gasteiger partial charge in [-0.2, -0.15) is 5.10 Å². The molecular formula is C12H16N4. The highest BCUT2D eigenvalue weighted by atomic mass is 15.2. The molecule has 0 saturated carbocycles. The Morgan fingerprint density at radius 1 is 1.25 bits per heavy atom. The minimum atomic E-state index is 0.778. The Hall–Kier alpha value is -1.68. The zero-order chi connectivity index (χ0) is 11.2. The predicted octanol–water partition coefficient (Wildman–Crippen LogP) is 1.62. The number of nitrogens with zero attached hydrogens (tertiary/aromatic N) is 2. The van der Waals surface area contributed by atoms with E-state index in [1.807, 2.05) is 37.4 Å². The van der Waals surface area contributed by atoms with Crippen LogP contribution in [0.1, 0.15) is 12.2 Å². The summed E-state index contributed by atoms with van der Waals surface area (Å²) in [6.07, 6.45) is 2.00. The lowest BCUT2D eigenvalue weighted by Crippen LogP contribution is -2.08. The Labute approximate surface area is 95.1 Å². The number of H-pyrrole nitrogens is 1. The monoisotopic (exact) mass is 216 g/mol. The molecule has 1 aromatic heterocycles. The molecule has 1 heterocycles. The van der Waals surface area contributed by atoms with Crippen molar-refractivity contribution in [2.24, 2.45) is 0 Å². The highest BCUT2D eigenvalue weighted by molar-refractivity contribution is 5.53. The molecule has 16 heavy (non-hydrogen) atoms. The van der Waals surface area contributed by atoms with E-state index in [1.165, 1.54) is 0 Å². The van der Waals surface area contributed by atoms with Crippen molar-refractivity contribution < 1.29 is 0 Å². The van der Waals surface area contributed by atoms with Gasteiger partial charge in [-0.15, -0.1) is 0 Å². The van der Waals surface area contributed by atoms with Crippen LogP contribution in [0.5, 0.6) is 0 Å². The van der Waals surface area contributed by atoms with Crippen LogP contribution in [-0.4, -0.2) is 28.8 Å². The van der Waals surface area contributed by atoms with Gasteiger partial charge in [-0.1, -0.05) is 30.3 Å². The van der Waals surface area contributed by atoms with Crippen LogP contribution < -0.4 is 5.32 Å². The van der Waals surface area contributed by atoms with Gasteiger partial charge in [0, 0.05) is 12.0 Å². The summed E-state index contributed by atoms with van der Waals surface area (Å²) in [6, 6.07) is 10.0. The molecule has 2 N–H and O–H groups in total. The van der Waals surface area contributed by atoms with E-state index in [-0.39, 0.29) is 0 Å². The molecule has 0 fully saturated rings. The van der Waals surface area contributed by atoms with Crippen LogP contribution in [0.25, 0.3) is 11.4 Å². The summed E-state index contributed by atoms with van der Waals surface area (Å²) in [4.78, 5) is 4.46. The van der Waals surface area contributed by atoms with Gasteiger partial charge in [-0.25, -0.2) is 4.98 Å². The van der Waals surface area contributed by atoms with Crippen molar-refractivity contribution >= 4 is 0 Å². The van der Waals surface area contributed by atoms with E-state index in [0.717, 1.165) is 36.6 Å². The molecule has 0 saturated heterocycles. The molecular weight excluding hydrogens is 200 g/mol. The number of benzene rings is 1. The molecule has 0 aliphatic rings. The second kappa shape index (κ2) is 5.42. The van der Waals surface area contributed by atoms with Crippen LogP contribution in [-0.2, 0) is 6.42 Å². The fraction of sp³-hybridized carbons (Fsp3) is 0.333. The SMILES string of the molecule is CNCCCc1nc(-c2ccccc2)n[nH]1. The van der Waals surface area contributed by atoms with Crippen molar-refractivity contribution in [3.05, 3.63) is 36.2 Å². The smallest absolute Gasteiger partial charge is 0.181 e. The number of rotatable bonds is 5. The topological polar surface area (TPSA) is 53.6 Å². The molecule has 4 nitrogen and oxygen atoms in total. The van der Waals surface area contributed by atoms with Crippen LogP contribution in [0, 0.1) is 0 Å². The highest BCUT2D eigenvalue weighted by Gasteiger charge is 2.04. The van der Waals surface area contributed by atoms with Gasteiger partial charge in [0.15, 0.2) is 5.82 Å². The molecule has 1 aromatic carbocycles. The summed E-state index contributed by atoms with van der Waals surface area (Å²) >= 11 is 0. The maximum Gasteiger partial charge on any atom is 0.181 e. The Bertz CT molecular complexity index is 422. The maximum absolute atomic E-state index is 4.46. The largest absolute Gasteiger partial charge is 0.320 e. The van der Waals surface area contributed by atoms with Gasteiger partial charge in [0.2, 0.25) is 0 Å². The molecule has 84 valence electrons. The van der Waals surface area contributed by atoms with Gasteiger partial charge in [-0.3, -0.25) is 5.10 Å². The van der Waals surface area contributed by atoms with Gasteiger partial charge in [-0.05, 0) is 20.0 Å². The van der Waals surface area contributed by atoms with E-state index in [4.69, 9.17) is 0 Å². The fourth-order valence-corrected chi connectivity index (χ4v) is 1.56. The zero-order valence-corrected chi connectivity index (χ0v) is 9.40. The number of nitrogens with one attached hydrogen (secondary N) is 2. The molecule has 0 bridgehead atoms. The predicted molar refractivity (Wildman–Crippen MR) is 64.1 cm³/mol. The maximum atomic E-state index is 4.46. The Balaban J connectivity index is 2.02. The summed E-state index contributed by atoms with van der Waals surface area (Å²) in [5.41, 5.74) is 1.05. The standard InChI is InChI=1S/C12H16N4/c1-13-9-5-8-11-14-12(16-15-11)10-6-3-2-4-7-10/h2-4,6-7,13H,5,8-9H2,1H3,(H,14,15,16). The number of aromatic amines is 1. The number of aromatic nitrogens is 3. The first-order valence-electron chi connectivity index (χ1n) is 5.51.